The molecule has 0 spiro atoms. The topological polar surface area (TPSA) is 12.0 Å². The summed E-state index contributed by atoms with van der Waals surface area (Å²) >= 11 is 1.87. The predicted molar refractivity (Wildman–Crippen MR) is 82.7 cm³/mol. The van der Waals surface area contributed by atoms with E-state index in [1.807, 2.05) is 17.4 Å². The third-order valence-corrected chi connectivity index (χ3v) is 4.97. The van der Waals surface area contributed by atoms with E-state index in [1.54, 1.807) is 12.1 Å². The Kier molecular flexibility index (Phi) is 4.18. The lowest BCUT2D eigenvalue weighted by atomic mass is 9.93. The van der Waals surface area contributed by atoms with Crippen molar-refractivity contribution in [3.63, 3.8) is 0 Å². The van der Waals surface area contributed by atoms with Crippen molar-refractivity contribution in [2.24, 2.45) is 0 Å². The van der Waals surface area contributed by atoms with Crippen LogP contribution in [0, 0.1) is 5.82 Å². The molecular formula is C17H20FNS. The van der Waals surface area contributed by atoms with Gasteiger partial charge >= 0.3 is 0 Å². The van der Waals surface area contributed by atoms with Gasteiger partial charge in [-0.15, -0.1) is 11.3 Å². The molecule has 1 aliphatic carbocycles. The highest BCUT2D eigenvalue weighted by molar-refractivity contribution is 7.10. The number of thiophene rings is 1. The van der Waals surface area contributed by atoms with Gasteiger partial charge in [0.25, 0.3) is 0 Å². The lowest BCUT2D eigenvalue weighted by Gasteiger charge is -2.27. The van der Waals surface area contributed by atoms with Gasteiger partial charge in [0.2, 0.25) is 0 Å². The SMILES string of the molecule is CC(Cc1cccc(F)c1)NC1CCCc2sccc21. The Morgan fingerprint density at radius 2 is 2.30 bits per heavy atom. The number of halogens is 1. The largest absolute Gasteiger partial charge is 0.307 e. The molecule has 1 N–H and O–H groups in total. The molecule has 0 amide bonds. The maximum absolute atomic E-state index is 13.2. The summed E-state index contributed by atoms with van der Waals surface area (Å²) in [6, 6.07) is 10.00. The van der Waals surface area contributed by atoms with Crippen molar-refractivity contribution in [1.82, 2.24) is 5.32 Å². The van der Waals surface area contributed by atoms with Crippen molar-refractivity contribution in [3.8, 4) is 0 Å². The molecule has 3 heteroatoms. The predicted octanol–water partition coefficient (Wildman–Crippen LogP) is 4.49. The first-order valence-corrected chi connectivity index (χ1v) is 8.17. The third kappa shape index (κ3) is 3.10. The van der Waals surface area contributed by atoms with Crippen molar-refractivity contribution in [2.75, 3.05) is 0 Å². The van der Waals surface area contributed by atoms with E-state index in [0.29, 0.717) is 12.1 Å². The molecule has 2 atom stereocenters. The Hall–Kier alpha value is -1.19. The lowest BCUT2D eigenvalue weighted by Crippen LogP contribution is -2.33. The average molecular weight is 289 g/mol. The molecule has 0 saturated carbocycles. The molecular weight excluding hydrogens is 269 g/mol. The number of hydrogen-bond acceptors (Lipinski definition) is 2. The van der Waals surface area contributed by atoms with Gasteiger partial charge in [-0.2, -0.15) is 0 Å². The molecule has 0 aliphatic heterocycles. The fourth-order valence-corrected chi connectivity index (χ4v) is 4.07. The van der Waals surface area contributed by atoms with Crippen molar-refractivity contribution >= 4 is 11.3 Å². The van der Waals surface area contributed by atoms with Crippen LogP contribution in [-0.2, 0) is 12.8 Å². The van der Waals surface area contributed by atoms with Gasteiger partial charge < -0.3 is 5.32 Å². The summed E-state index contributed by atoms with van der Waals surface area (Å²) in [4.78, 5) is 1.53. The molecule has 0 radical (unpaired) electrons. The molecule has 1 aromatic carbocycles. The van der Waals surface area contributed by atoms with E-state index >= 15 is 0 Å². The average Bonchev–Trinajstić information content (AvgIpc) is 2.88. The van der Waals surface area contributed by atoms with Crippen molar-refractivity contribution < 1.29 is 4.39 Å². The van der Waals surface area contributed by atoms with Crippen LogP contribution in [0.3, 0.4) is 0 Å². The standard InChI is InChI=1S/C17H20FNS/c1-12(10-13-4-2-5-14(18)11-13)19-16-6-3-7-17-15(16)8-9-20-17/h2,4-5,8-9,11-12,16,19H,3,6-7,10H2,1H3. The normalized spacial score (nSPS) is 19.6. The van der Waals surface area contributed by atoms with Crippen molar-refractivity contribution in [3.05, 3.63) is 57.5 Å². The molecule has 20 heavy (non-hydrogen) atoms. The van der Waals surface area contributed by atoms with E-state index in [0.717, 1.165) is 12.0 Å². The summed E-state index contributed by atoms with van der Waals surface area (Å²) < 4.78 is 13.2. The highest BCUT2D eigenvalue weighted by atomic mass is 32.1. The van der Waals surface area contributed by atoms with Crippen LogP contribution in [0.15, 0.2) is 35.7 Å². The molecule has 2 aromatic rings. The smallest absolute Gasteiger partial charge is 0.123 e. The van der Waals surface area contributed by atoms with Crippen LogP contribution in [0.5, 0.6) is 0 Å². The summed E-state index contributed by atoms with van der Waals surface area (Å²) in [7, 11) is 0. The van der Waals surface area contributed by atoms with Crippen molar-refractivity contribution in [2.45, 2.75) is 44.7 Å². The van der Waals surface area contributed by atoms with Gasteiger partial charge in [-0.3, -0.25) is 0 Å². The second-order valence-corrected chi connectivity index (χ2v) is 6.65. The quantitative estimate of drug-likeness (QED) is 0.874. The zero-order valence-corrected chi connectivity index (χ0v) is 12.5. The Bertz CT molecular complexity index is 578. The second kappa shape index (κ2) is 6.06. The molecule has 0 fully saturated rings. The minimum Gasteiger partial charge on any atom is -0.307 e. The molecule has 2 unspecified atom stereocenters. The summed E-state index contributed by atoms with van der Waals surface area (Å²) in [5, 5.41) is 5.91. The molecule has 1 heterocycles. The van der Waals surface area contributed by atoms with Crippen LogP contribution in [0.25, 0.3) is 0 Å². The Morgan fingerprint density at radius 1 is 1.40 bits per heavy atom. The monoisotopic (exact) mass is 289 g/mol. The maximum Gasteiger partial charge on any atom is 0.123 e. The van der Waals surface area contributed by atoms with Crippen LogP contribution >= 0.6 is 11.3 Å². The number of hydrogen-bond donors (Lipinski definition) is 1. The number of fused-ring (bicyclic) bond motifs is 1. The molecule has 1 aromatic heterocycles. The summed E-state index contributed by atoms with van der Waals surface area (Å²) in [5.41, 5.74) is 2.54. The Balaban J connectivity index is 1.64. The number of nitrogens with one attached hydrogen (secondary N) is 1. The van der Waals surface area contributed by atoms with Crippen LogP contribution in [0.2, 0.25) is 0 Å². The number of rotatable bonds is 4. The first kappa shape index (κ1) is 13.8. The zero-order chi connectivity index (χ0) is 13.9. The fraction of sp³-hybridized carbons (Fsp3) is 0.412. The minimum atomic E-state index is -0.146. The van der Waals surface area contributed by atoms with Gasteiger partial charge in [0.05, 0.1) is 0 Å². The number of benzene rings is 1. The van der Waals surface area contributed by atoms with Crippen LogP contribution in [0.4, 0.5) is 4.39 Å². The van der Waals surface area contributed by atoms with Gasteiger partial charge in [-0.1, -0.05) is 12.1 Å². The molecule has 1 nitrogen and oxygen atoms in total. The van der Waals surface area contributed by atoms with Crippen LogP contribution in [0.1, 0.15) is 41.8 Å². The van der Waals surface area contributed by atoms with E-state index in [1.165, 1.54) is 35.8 Å². The second-order valence-electron chi connectivity index (χ2n) is 5.65. The maximum atomic E-state index is 13.2. The van der Waals surface area contributed by atoms with Gasteiger partial charge in [0, 0.05) is 17.0 Å². The van der Waals surface area contributed by atoms with E-state index < -0.39 is 0 Å². The first-order chi connectivity index (χ1) is 9.72. The molecule has 106 valence electrons. The van der Waals surface area contributed by atoms with E-state index in [-0.39, 0.29) is 5.82 Å². The van der Waals surface area contributed by atoms with Crippen LogP contribution in [-0.4, -0.2) is 6.04 Å². The van der Waals surface area contributed by atoms with Crippen molar-refractivity contribution in [1.29, 1.82) is 0 Å². The zero-order valence-electron chi connectivity index (χ0n) is 11.7. The summed E-state index contributed by atoms with van der Waals surface area (Å²) in [6.45, 7) is 2.19. The number of aryl methyl sites for hydroxylation is 1. The Labute approximate surface area is 123 Å². The third-order valence-electron chi connectivity index (χ3n) is 3.97. The summed E-state index contributed by atoms with van der Waals surface area (Å²) in [5.74, 6) is -0.146. The fourth-order valence-electron chi connectivity index (χ4n) is 3.08. The molecule has 3 rings (SSSR count). The first-order valence-electron chi connectivity index (χ1n) is 7.29. The van der Waals surface area contributed by atoms with Crippen LogP contribution < -0.4 is 5.32 Å². The van der Waals surface area contributed by atoms with Gasteiger partial charge in [0.15, 0.2) is 0 Å². The molecule has 0 bridgehead atoms. The minimum absolute atomic E-state index is 0.146. The van der Waals surface area contributed by atoms with E-state index in [4.69, 9.17) is 0 Å². The van der Waals surface area contributed by atoms with E-state index in [9.17, 15) is 4.39 Å². The van der Waals surface area contributed by atoms with E-state index in [2.05, 4.69) is 23.7 Å². The van der Waals surface area contributed by atoms with Gasteiger partial charge in [-0.25, -0.2) is 4.39 Å². The highest BCUT2D eigenvalue weighted by Gasteiger charge is 2.22. The molecule has 1 aliphatic rings. The highest BCUT2D eigenvalue weighted by Crippen LogP contribution is 2.33. The molecule has 0 saturated heterocycles. The van der Waals surface area contributed by atoms with Gasteiger partial charge in [0.1, 0.15) is 5.82 Å². The summed E-state index contributed by atoms with van der Waals surface area (Å²) in [6.07, 6.45) is 4.56. The Morgan fingerprint density at radius 3 is 3.15 bits per heavy atom. The van der Waals surface area contributed by atoms with Gasteiger partial charge in [-0.05, 0) is 67.3 Å². The lowest BCUT2D eigenvalue weighted by molar-refractivity contribution is 0.409.